The molecular weight excluding hydrogens is 254 g/mol. The van der Waals surface area contributed by atoms with Gasteiger partial charge in [0.15, 0.2) is 0 Å². The van der Waals surface area contributed by atoms with Gasteiger partial charge in [0.05, 0.1) is 0 Å². The Hall–Kier alpha value is -0.770. The largest absolute Gasteiger partial charge is 0.444 e. The number of hydrogen-bond donors (Lipinski definition) is 0. The third-order valence-corrected chi connectivity index (χ3v) is 3.42. The molecule has 1 rings (SSSR count). The fourth-order valence-corrected chi connectivity index (χ4v) is 2.66. The molecule has 1 aliphatic rings. The van der Waals surface area contributed by atoms with E-state index in [0.29, 0.717) is 19.5 Å². The summed E-state index contributed by atoms with van der Waals surface area (Å²) in [5.74, 6) is -0.196. The van der Waals surface area contributed by atoms with E-state index in [4.69, 9.17) is 16.3 Å². The number of amides is 1. The molecule has 1 fully saturated rings. The molecule has 1 atom stereocenters. The van der Waals surface area contributed by atoms with Crippen LogP contribution < -0.4 is 0 Å². The Morgan fingerprint density at radius 2 is 1.89 bits per heavy atom. The standard InChI is InChI=1S/C13H22ClNO3/c1-12(2,3)18-11(17)15-7-6-9(10(14)16)13(4,5)8-15/h9H,6-8H2,1-5H3. The van der Waals surface area contributed by atoms with E-state index in [9.17, 15) is 9.59 Å². The van der Waals surface area contributed by atoms with E-state index in [2.05, 4.69) is 0 Å². The monoisotopic (exact) mass is 275 g/mol. The molecule has 0 aromatic carbocycles. The molecule has 1 heterocycles. The number of piperidine rings is 1. The van der Waals surface area contributed by atoms with Crippen molar-refractivity contribution in [2.45, 2.75) is 46.6 Å². The highest BCUT2D eigenvalue weighted by atomic mass is 35.5. The van der Waals surface area contributed by atoms with Crippen molar-refractivity contribution in [3.05, 3.63) is 0 Å². The van der Waals surface area contributed by atoms with Gasteiger partial charge in [-0.3, -0.25) is 4.79 Å². The number of ether oxygens (including phenoxy) is 1. The molecule has 0 aromatic heterocycles. The zero-order chi connectivity index (χ0) is 14.1. The molecule has 5 heteroatoms. The Kier molecular flexibility index (Phi) is 4.31. The molecule has 0 radical (unpaired) electrons. The SMILES string of the molecule is CC(C)(C)OC(=O)N1CCC(C(=O)Cl)C(C)(C)C1. The van der Waals surface area contributed by atoms with Gasteiger partial charge in [0.1, 0.15) is 5.60 Å². The number of nitrogens with zero attached hydrogens (tertiary/aromatic N) is 1. The maximum Gasteiger partial charge on any atom is 0.410 e. The first-order valence-corrected chi connectivity index (χ1v) is 6.58. The average Bonchev–Trinajstić information content (AvgIpc) is 2.12. The van der Waals surface area contributed by atoms with Crippen molar-refractivity contribution >= 4 is 22.9 Å². The van der Waals surface area contributed by atoms with Crippen LogP contribution in [0.15, 0.2) is 0 Å². The quantitative estimate of drug-likeness (QED) is 0.691. The summed E-state index contributed by atoms with van der Waals surface area (Å²) >= 11 is 5.60. The number of hydrogen-bond acceptors (Lipinski definition) is 3. The molecular formula is C13H22ClNO3. The van der Waals surface area contributed by atoms with Crippen LogP contribution in [0.25, 0.3) is 0 Å². The summed E-state index contributed by atoms with van der Waals surface area (Å²) in [5, 5.41) is -0.316. The average molecular weight is 276 g/mol. The Morgan fingerprint density at radius 3 is 2.28 bits per heavy atom. The van der Waals surface area contributed by atoms with Gasteiger partial charge in [-0.2, -0.15) is 0 Å². The number of likely N-dealkylation sites (tertiary alicyclic amines) is 1. The van der Waals surface area contributed by atoms with Gasteiger partial charge in [-0.1, -0.05) is 13.8 Å². The second kappa shape index (κ2) is 5.08. The van der Waals surface area contributed by atoms with Crippen LogP contribution in [0.2, 0.25) is 0 Å². The van der Waals surface area contributed by atoms with Gasteiger partial charge in [0.25, 0.3) is 0 Å². The van der Waals surface area contributed by atoms with Crippen LogP contribution in [-0.4, -0.2) is 34.9 Å². The van der Waals surface area contributed by atoms with E-state index in [-0.39, 0.29) is 22.7 Å². The maximum atomic E-state index is 12.0. The summed E-state index contributed by atoms with van der Waals surface area (Å²) in [4.78, 5) is 25.0. The summed E-state index contributed by atoms with van der Waals surface area (Å²) in [7, 11) is 0. The second-order valence-electron chi connectivity index (χ2n) is 6.54. The molecule has 0 aliphatic carbocycles. The van der Waals surface area contributed by atoms with E-state index in [1.807, 2.05) is 34.6 Å². The smallest absolute Gasteiger partial charge is 0.410 e. The summed E-state index contributed by atoms with van der Waals surface area (Å²) in [5.41, 5.74) is -0.811. The van der Waals surface area contributed by atoms with E-state index >= 15 is 0 Å². The zero-order valence-electron chi connectivity index (χ0n) is 11.7. The number of halogens is 1. The van der Waals surface area contributed by atoms with Gasteiger partial charge in [-0.25, -0.2) is 4.79 Å². The van der Waals surface area contributed by atoms with Crippen LogP contribution in [0, 0.1) is 11.3 Å². The van der Waals surface area contributed by atoms with Crippen LogP contribution >= 0.6 is 11.6 Å². The Morgan fingerprint density at radius 1 is 1.33 bits per heavy atom. The molecule has 18 heavy (non-hydrogen) atoms. The molecule has 1 unspecified atom stereocenters. The van der Waals surface area contributed by atoms with Gasteiger partial charge in [-0.05, 0) is 44.2 Å². The fourth-order valence-electron chi connectivity index (χ4n) is 2.26. The first-order chi connectivity index (χ1) is 8.03. The predicted molar refractivity (Wildman–Crippen MR) is 70.6 cm³/mol. The van der Waals surface area contributed by atoms with Crippen LogP contribution in [0.1, 0.15) is 41.0 Å². The lowest BCUT2D eigenvalue weighted by Crippen LogP contribution is -2.50. The predicted octanol–water partition coefficient (Wildman–Crippen LogP) is 3.04. The first-order valence-electron chi connectivity index (χ1n) is 6.20. The van der Waals surface area contributed by atoms with Crippen molar-refractivity contribution in [3.8, 4) is 0 Å². The minimum atomic E-state index is -0.500. The highest BCUT2D eigenvalue weighted by Gasteiger charge is 2.41. The minimum Gasteiger partial charge on any atom is -0.444 e. The highest BCUT2D eigenvalue weighted by molar-refractivity contribution is 6.64. The molecule has 1 saturated heterocycles. The number of carbonyl (C=O) groups is 2. The van der Waals surface area contributed by atoms with E-state index in [1.165, 1.54) is 0 Å². The van der Waals surface area contributed by atoms with Gasteiger partial charge in [-0.15, -0.1) is 0 Å². The van der Waals surface area contributed by atoms with Gasteiger partial charge in [0, 0.05) is 19.0 Å². The number of rotatable bonds is 1. The fraction of sp³-hybridized carbons (Fsp3) is 0.846. The van der Waals surface area contributed by atoms with Crippen molar-refractivity contribution < 1.29 is 14.3 Å². The lowest BCUT2D eigenvalue weighted by atomic mass is 9.75. The van der Waals surface area contributed by atoms with Crippen molar-refractivity contribution in [1.82, 2.24) is 4.90 Å². The van der Waals surface area contributed by atoms with Crippen molar-refractivity contribution in [2.75, 3.05) is 13.1 Å². The summed E-state index contributed by atoms with van der Waals surface area (Å²) < 4.78 is 5.34. The van der Waals surface area contributed by atoms with Crippen LogP contribution in [-0.2, 0) is 9.53 Å². The van der Waals surface area contributed by atoms with Crippen molar-refractivity contribution in [3.63, 3.8) is 0 Å². The molecule has 4 nitrogen and oxygen atoms in total. The molecule has 104 valence electrons. The van der Waals surface area contributed by atoms with Crippen molar-refractivity contribution in [2.24, 2.45) is 11.3 Å². The summed E-state index contributed by atoms with van der Waals surface area (Å²) in [6, 6.07) is 0. The third-order valence-electron chi connectivity index (χ3n) is 3.16. The van der Waals surface area contributed by atoms with Crippen LogP contribution in [0.4, 0.5) is 4.79 Å². The maximum absolute atomic E-state index is 12.0. The van der Waals surface area contributed by atoms with Crippen molar-refractivity contribution in [1.29, 1.82) is 0 Å². The zero-order valence-corrected chi connectivity index (χ0v) is 12.5. The van der Waals surface area contributed by atoms with Crippen LogP contribution in [0.3, 0.4) is 0 Å². The lowest BCUT2D eigenvalue weighted by Gasteiger charge is -2.42. The third kappa shape index (κ3) is 3.87. The van der Waals surface area contributed by atoms with E-state index in [0.717, 1.165) is 0 Å². The van der Waals surface area contributed by atoms with E-state index in [1.54, 1.807) is 4.90 Å². The molecule has 0 aromatic rings. The summed E-state index contributed by atoms with van der Waals surface area (Å²) in [6.07, 6.45) is 0.269. The highest BCUT2D eigenvalue weighted by Crippen LogP contribution is 2.36. The first kappa shape index (κ1) is 15.3. The molecule has 0 bridgehead atoms. The molecule has 0 saturated carbocycles. The topological polar surface area (TPSA) is 46.6 Å². The second-order valence-corrected chi connectivity index (χ2v) is 6.91. The Balaban J connectivity index is 2.69. The minimum absolute atomic E-state index is 0.196. The molecule has 0 N–H and O–H groups in total. The van der Waals surface area contributed by atoms with Gasteiger partial charge in [0.2, 0.25) is 5.24 Å². The van der Waals surface area contributed by atoms with Crippen LogP contribution in [0.5, 0.6) is 0 Å². The Bertz CT molecular complexity index is 347. The molecule has 1 amide bonds. The van der Waals surface area contributed by atoms with Gasteiger partial charge >= 0.3 is 6.09 Å². The summed E-state index contributed by atoms with van der Waals surface area (Å²) in [6.45, 7) is 10.4. The Labute approximate surface area is 114 Å². The van der Waals surface area contributed by atoms with E-state index < -0.39 is 5.60 Å². The molecule has 1 aliphatic heterocycles. The lowest BCUT2D eigenvalue weighted by molar-refractivity contribution is -0.121. The number of carbonyl (C=O) groups excluding carboxylic acids is 2. The normalized spacial score (nSPS) is 23.7. The van der Waals surface area contributed by atoms with Gasteiger partial charge < -0.3 is 9.64 Å². The molecule has 0 spiro atoms.